The normalized spacial score (nSPS) is 12.0. The van der Waals surface area contributed by atoms with Crippen LogP contribution in [0.3, 0.4) is 0 Å². The van der Waals surface area contributed by atoms with Crippen molar-refractivity contribution in [3.8, 4) is 5.75 Å². The maximum absolute atomic E-state index is 12.6. The monoisotopic (exact) mass is 431 g/mol. The summed E-state index contributed by atoms with van der Waals surface area (Å²) in [6.07, 6.45) is -0.624. The second-order valence-electron chi connectivity index (χ2n) is 6.39. The first kappa shape index (κ1) is 21.2. The highest BCUT2D eigenvalue weighted by molar-refractivity contribution is 8.00. The van der Waals surface area contributed by atoms with Crippen LogP contribution in [-0.2, 0) is 0 Å². The van der Waals surface area contributed by atoms with Gasteiger partial charge in [0.05, 0.1) is 34.2 Å². The molecule has 0 aliphatic rings. The van der Waals surface area contributed by atoms with Gasteiger partial charge in [-0.3, -0.25) is 9.59 Å². The maximum atomic E-state index is 12.6. The molecule has 0 saturated carbocycles. The number of thioether (sulfide) groups is 1. The first-order valence-electron chi connectivity index (χ1n) is 8.92. The highest BCUT2D eigenvalue weighted by Crippen LogP contribution is 2.29. The van der Waals surface area contributed by atoms with Gasteiger partial charge in [0.25, 0.3) is 5.91 Å². The Morgan fingerprint density at radius 3 is 2.72 bits per heavy atom. The van der Waals surface area contributed by atoms with E-state index in [0.717, 1.165) is 22.2 Å². The van der Waals surface area contributed by atoms with Crippen molar-refractivity contribution >= 4 is 45.7 Å². The number of nitrogens with zero attached hydrogens (tertiary/aromatic N) is 2. The molecule has 0 aliphatic carbocycles. The highest BCUT2D eigenvalue weighted by Gasteiger charge is 2.16. The number of carbonyl (C=O) groups excluding carboxylic acids is 2. The molecule has 1 amide bonds. The van der Waals surface area contributed by atoms with E-state index >= 15 is 0 Å². The fraction of sp³-hybridized carbons (Fsp3) is 0.300. The lowest BCUT2D eigenvalue weighted by Gasteiger charge is -2.08. The summed E-state index contributed by atoms with van der Waals surface area (Å²) in [4.78, 5) is 34.5. The molecule has 1 unspecified atom stereocenters. The number of aliphatic hydroxyl groups is 1. The molecule has 2 N–H and O–H groups in total. The van der Waals surface area contributed by atoms with Crippen LogP contribution >= 0.6 is 23.1 Å². The van der Waals surface area contributed by atoms with Crippen molar-refractivity contribution in [1.29, 1.82) is 0 Å². The number of aliphatic hydroxyl groups excluding tert-OH is 1. The summed E-state index contributed by atoms with van der Waals surface area (Å²) in [5.41, 5.74) is 0.793. The minimum Gasteiger partial charge on any atom is -0.497 e. The number of ether oxygens (including phenoxy) is 1. The summed E-state index contributed by atoms with van der Waals surface area (Å²) in [6.45, 7) is 3.57. The van der Waals surface area contributed by atoms with E-state index in [2.05, 4.69) is 15.3 Å². The number of amides is 1. The molecule has 3 rings (SSSR count). The Morgan fingerprint density at radius 1 is 1.24 bits per heavy atom. The number of carbonyl (C=O) groups is 2. The lowest BCUT2D eigenvalue weighted by atomic mass is 10.2. The van der Waals surface area contributed by atoms with Crippen LogP contribution in [0.25, 0.3) is 10.9 Å². The number of ketones is 1. The number of rotatable bonds is 8. The maximum Gasteiger partial charge on any atom is 0.261 e. The standard InChI is InChI=1S/C20H21N3O4S2/c1-11(24)9-21-19(26)18-7-6-17(29-18)16(25)10-28-20-14-8-13(27-3)4-5-15(14)22-12(2)23-20/h4-8,11,24H,9-10H2,1-3H3,(H,21,26). The van der Waals surface area contributed by atoms with Crippen LogP contribution in [0, 0.1) is 6.92 Å². The van der Waals surface area contributed by atoms with Crippen molar-refractivity contribution in [2.75, 3.05) is 19.4 Å². The van der Waals surface area contributed by atoms with Gasteiger partial charge in [0, 0.05) is 11.9 Å². The number of hydrogen-bond acceptors (Lipinski definition) is 8. The summed E-state index contributed by atoms with van der Waals surface area (Å²) >= 11 is 2.47. The fourth-order valence-corrected chi connectivity index (χ4v) is 4.46. The van der Waals surface area contributed by atoms with E-state index in [4.69, 9.17) is 4.74 Å². The molecule has 1 aromatic carbocycles. The first-order chi connectivity index (χ1) is 13.9. The zero-order chi connectivity index (χ0) is 21.0. The van der Waals surface area contributed by atoms with Gasteiger partial charge in [-0.05, 0) is 44.2 Å². The van der Waals surface area contributed by atoms with Crippen molar-refractivity contribution in [1.82, 2.24) is 15.3 Å². The Bertz CT molecular complexity index is 1050. The van der Waals surface area contributed by atoms with Gasteiger partial charge in [-0.15, -0.1) is 11.3 Å². The van der Waals surface area contributed by atoms with E-state index in [1.54, 1.807) is 26.2 Å². The molecule has 0 radical (unpaired) electrons. The topological polar surface area (TPSA) is 101 Å². The average Bonchev–Trinajstić information content (AvgIpc) is 3.20. The zero-order valence-corrected chi connectivity index (χ0v) is 17.9. The molecule has 2 aromatic heterocycles. The Morgan fingerprint density at radius 2 is 2.00 bits per heavy atom. The molecule has 2 heterocycles. The zero-order valence-electron chi connectivity index (χ0n) is 16.3. The van der Waals surface area contributed by atoms with E-state index in [9.17, 15) is 14.7 Å². The van der Waals surface area contributed by atoms with E-state index in [1.165, 1.54) is 11.8 Å². The predicted octanol–water partition coefficient (Wildman–Crippen LogP) is 3.09. The summed E-state index contributed by atoms with van der Waals surface area (Å²) in [5.74, 6) is 1.14. The van der Waals surface area contributed by atoms with Crippen molar-refractivity contribution in [2.24, 2.45) is 0 Å². The van der Waals surface area contributed by atoms with Crippen molar-refractivity contribution in [3.05, 3.63) is 45.9 Å². The van der Waals surface area contributed by atoms with E-state index < -0.39 is 6.10 Å². The van der Waals surface area contributed by atoms with Crippen LogP contribution in [0.1, 0.15) is 32.1 Å². The quantitative estimate of drug-likeness (QED) is 0.321. The SMILES string of the molecule is COc1ccc2nc(C)nc(SCC(=O)c3ccc(C(=O)NCC(C)O)s3)c2c1. The molecule has 152 valence electrons. The summed E-state index contributed by atoms with van der Waals surface area (Å²) in [5, 5.41) is 13.4. The van der Waals surface area contributed by atoms with Gasteiger partial charge in [-0.1, -0.05) is 11.8 Å². The molecule has 7 nitrogen and oxygen atoms in total. The van der Waals surface area contributed by atoms with Crippen molar-refractivity contribution < 1.29 is 19.4 Å². The van der Waals surface area contributed by atoms with Gasteiger partial charge in [-0.25, -0.2) is 9.97 Å². The summed E-state index contributed by atoms with van der Waals surface area (Å²) in [7, 11) is 1.60. The Hall–Kier alpha value is -2.49. The average molecular weight is 432 g/mol. The number of nitrogens with one attached hydrogen (secondary N) is 1. The summed E-state index contributed by atoms with van der Waals surface area (Å²) < 4.78 is 5.28. The smallest absolute Gasteiger partial charge is 0.261 e. The number of fused-ring (bicyclic) bond motifs is 1. The molecule has 9 heteroatoms. The highest BCUT2D eigenvalue weighted by atomic mass is 32.2. The number of Topliss-reactive ketones (excluding diaryl/α,β-unsaturated/α-hetero) is 1. The third kappa shape index (κ3) is 5.31. The van der Waals surface area contributed by atoms with Crippen LogP contribution in [0.2, 0.25) is 0 Å². The molecule has 3 aromatic rings. The number of aryl methyl sites for hydroxylation is 1. The van der Waals surface area contributed by atoms with Gasteiger partial charge >= 0.3 is 0 Å². The van der Waals surface area contributed by atoms with Crippen molar-refractivity contribution in [2.45, 2.75) is 25.0 Å². The predicted molar refractivity (Wildman–Crippen MR) is 114 cm³/mol. The van der Waals surface area contributed by atoms with Gasteiger partial charge in [0.2, 0.25) is 0 Å². The molecule has 0 spiro atoms. The molecule has 0 aliphatic heterocycles. The van der Waals surface area contributed by atoms with E-state index in [1.807, 2.05) is 25.1 Å². The van der Waals surface area contributed by atoms with Crippen LogP contribution in [0.15, 0.2) is 35.4 Å². The Balaban J connectivity index is 1.72. The van der Waals surface area contributed by atoms with Crippen LogP contribution < -0.4 is 10.1 Å². The van der Waals surface area contributed by atoms with Gasteiger partial charge in [-0.2, -0.15) is 0 Å². The first-order valence-corrected chi connectivity index (χ1v) is 10.7. The Labute approximate surface area is 176 Å². The molecule has 0 saturated heterocycles. The fourth-order valence-electron chi connectivity index (χ4n) is 2.57. The van der Waals surface area contributed by atoms with Crippen LogP contribution in [0.5, 0.6) is 5.75 Å². The molecular formula is C20H21N3O4S2. The number of benzene rings is 1. The molecule has 29 heavy (non-hydrogen) atoms. The minimum atomic E-state index is -0.624. The number of thiophene rings is 1. The summed E-state index contributed by atoms with van der Waals surface area (Å²) in [6, 6.07) is 8.83. The number of hydrogen-bond donors (Lipinski definition) is 2. The van der Waals surface area contributed by atoms with Crippen LogP contribution in [-0.4, -0.2) is 52.3 Å². The minimum absolute atomic E-state index is 0.0816. The van der Waals surface area contributed by atoms with Crippen LogP contribution in [0.4, 0.5) is 0 Å². The van der Waals surface area contributed by atoms with Gasteiger partial charge in [0.1, 0.15) is 16.6 Å². The van der Waals surface area contributed by atoms with Crippen molar-refractivity contribution in [3.63, 3.8) is 0 Å². The number of aromatic nitrogens is 2. The van der Waals surface area contributed by atoms with E-state index in [-0.39, 0.29) is 24.0 Å². The molecular weight excluding hydrogens is 410 g/mol. The Kier molecular flexibility index (Phi) is 6.83. The number of methoxy groups -OCH3 is 1. The third-order valence-corrected chi connectivity index (χ3v) is 6.10. The second-order valence-corrected chi connectivity index (χ2v) is 8.44. The van der Waals surface area contributed by atoms with Gasteiger partial charge < -0.3 is 15.2 Å². The van der Waals surface area contributed by atoms with E-state index in [0.29, 0.717) is 26.4 Å². The largest absolute Gasteiger partial charge is 0.497 e. The molecule has 1 atom stereocenters. The lowest BCUT2D eigenvalue weighted by molar-refractivity contribution is 0.0927. The van der Waals surface area contributed by atoms with Gasteiger partial charge in [0.15, 0.2) is 5.78 Å². The second kappa shape index (κ2) is 9.34. The molecule has 0 fully saturated rings. The molecule has 0 bridgehead atoms. The lowest BCUT2D eigenvalue weighted by Crippen LogP contribution is -2.29. The third-order valence-electron chi connectivity index (χ3n) is 3.98.